The lowest BCUT2D eigenvalue weighted by molar-refractivity contribution is -0.136. The second-order valence-corrected chi connectivity index (χ2v) is 8.92. The molecule has 4 rings (SSSR count). The van der Waals surface area contributed by atoms with Gasteiger partial charge in [-0.25, -0.2) is 9.37 Å². The van der Waals surface area contributed by atoms with Crippen LogP contribution >= 0.6 is 0 Å². The summed E-state index contributed by atoms with van der Waals surface area (Å²) in [6.07, 6.45) is 1.98. The number of fused-ring (bicyclic) bond motifs is 1. The van der Waals surface area contributed by atoms with Crippen molar-refractivity contribution in [3.63, 3.8) is 0 Å². The quantitative estimate of drug-likeness (QED) is 0.453. The molecule has 0 radical (unpaired) electrons. The van der Waals surface area contributed by atoms with Crippen molar-refractivity contribution in [3.05, 3.63) is 82.8 Å². The summed E-state index contributed by atoms with van der Waals surface area (Å²) in [4.78, 5) is 31.2. The van der Waals surface area contributed by atoms with Crippen molar-refractivity contribution in [2.45, 2.75) is 32.9 Å². The minimum atomic E-state index is -0.424. The highest BCUT2D eigenvalue weighted by Gasteiger charge is 2.33. The van der Waals surface area contributed by atoms with Crippen LogP contribution in [0, 0.1) is 11.7 Å². The number of aromatic nitrogens is 1. The summed E-state index contributed by atoms with van der Waals surface area (Å²) in [5, 5.41) is 2.68. The number of hydrogen-bond acceptors (Lipinski definition) is 6. The minimum absolute atomic E-state index is 0.0114. The number of rotatable bonds is 9. The predicted octanol–water partition coefficient (Wildman–Crippen LogP) is 3.90. The fraction of sp³-hybridized carbons (Fsp3) is 0.370. The summed E-state index contributed by atoms with van der Waals surface area (Å²) >= 11 is 0. The van der Waals surface area contributed by atoms with E-state index in [2.05, 4.69) is 10.3 Å². The molecule has 0 saturated carbocycles. The topological polar surface area (TPSA) is 93.9 Å². The van der Waals surface area contributed by atoms with Gasteiger partial charge in [0.25, 0.3) is 5.91 Å². The van der Waals surface area contributed by atoms with Crippen molar-refractivity contribution >= 4 is 11.8 Å². The second-order valence-electron chi connectivity index (χ2n) is 8.92. The lowest BCUT2D eigenvalue weighted by Gasteiger charge is -2.39. The van der Waals surface area contributed by atoms with Crippen LogP contribution in [-0.2, 0) is 22.6 Å². The van der Waals surface area contributed by atoms with Gasteiger partial charge in [-0.2, -0.15) is 0 Å². The van der Waals surface area contributed by atoms with E-state index in [0.717, 1.165) is 11.1 Å². The Morgan fingerprint density at radius 1 is 1.25 bits per heavy atom. The fourth-order valence-electron chi connectivity index (χ4n) is 4.27. The molecule has 3 aromatic rings. The fourth-order valence-corrected chi connectivity index (χ4v) is 4.27. The van der Waals surface area contributed by atoms with Gasteiger partial charge in [0.2, 0.25) is 11.8 Å². The molecule has 8 nitrogen and oxygen atoms in total. The van der Waals surface area contributed by atoms with Gasteiger partial charge >= 0.3 is 0 Å². The number of amides is 2. The first-order chi connectivity index (χ1) is 17.4. The van der Waals surface area contributed by atoms with E-state index >= 15 is 0 Å². The number of carbonyl (C=O) groups is 2. The Kier molecular flexibility index (Phi) is 8.00. The van der Waals surface area contributed by atoms with E-state index < -0.39 is 6.04 Å². The van der Waals surface area contributed by atoms with E-state index in [9.17, 15) is 14.0 Å². The number of halogens is 1. The van der Waals surface area contributed by atoms with Gasteiger partial charge in [0.15, 0.2) is 12.3 Å². The molecule has 36 heavy (non-hydrogen) atoms. The SMILES string of the molecule is COCCNC(=O)c1coc(COc2ccc3c(c2)[C@@H](c2cccc(F)c2)N(C(=O)C(C)C)CC3)n1. The molecule has 1 N–H and O–H groups in total. The Bertz CT molecular complexity index is 1230. The average Bonchev–Trinajstić information content (AvgIpc) is 3.35. The van der Waals surface area contributed by atoms with Gasteiger partial charge in [-0.15, -0.1) is 0 Å². The van der Waals surface area contributed by atoms with Crippen LogP contribution in [0.3, 0.4) is 0 Å². The minimum Gasteiger partial charge on any atom is -0.484 e. The molecule has 2 amide bonds. The lowest BCUT2D eigenvalue weighted by Crippen LogP contribution is -2.42. The van der Waals surface area contributed by atoms with Gasteiger partial charge in [-0.3, -0.25) is 9.59 Å². The summed E-state index contributed by atoms with van der Waals surface area (Å²) in [5.74, 6) is -0.0786. The third-order valence-electron chi connectivity index (χ3n) is 6.03. The summed E-state index contributed by atoms with van der Waals surface area (Å²) in [7, 11) is 1.55. The first-order valence-electron chi connectivity index (χ1n) is 11.9. The van der Waals surface area contributed by atoms with Gasteiger partial charge in [0.05, 0.1) is 12.6 Å². The maximum Gasteiger partial charge on any atom is 0.273 e. The molecule has 0 saturated heterocycles. The molecule has 9 heteroatoms. The van der Waals surface area contributed by atoms with E-state index in [-0.39, 0.29) is 41.7 Å². The van der Waals surface area contributed by atoms with Crippen molar-refractivity contribution in [1.29, 1.82) is 0 Å². The number of nitrogens with zero attached hydrogens (tertiary/aromatic N) is 2. The van der Waals surface area contributed by atoms with E-state index in [1.165, 1.54) is 18.4 Å². The third kappa shape index (κ3) is 5.73. The number of oxazole rings is 1. The summed E-state index contributed by atoms with van der Waals surface area (Å²) in [5.41, 5.74) is 2.84. The molecule has 0 spiro atoms. The van der Waals surface area contributed by atoms with E-state index in [4.69, 9.17) is 13.9 Å². The summed E-state index contributed by atoms with van der Waals surface area (Å²) in [6, 6.07) is 11.6. The smallest absolute Gasteiger partial charge is 0.273 e. The molecule has 190 valence electrons. The molecule has 0 aliphatic carbocycles. The molecular weight excluding hydrogens is 465 g/mol. The Morgan fingerprint density at radius 2 is 2.08 bits per heavy atom. The van der Waals surface area contributed by atoms with Gasteiger partial charge in [0, 0.05) is 26.1 Å². The number of benzene rings is 2. The highest BCUT2D eigenvalue weighted by Crippen LogP contribution is 2.38. The van der Waals surface area contributed by atoms with Crippen LogP contribution in [0.4, 0.5) is 4.39 Å². The van der Waals surface area contributed by atoms with Crippen molar-refractivity contribution in [3.8, 4) is 5.75 Å². The third-order valence-corrected chi connectivity index (χ3v) is 6.03. The summed E-state index contributed by atoms with van der Waals surface area (Å²) < 4.78 is 30.4. The van der Waals surface area contributed by atoms with E-state index in [1.54, 1.807) is 13.2 Å². The monoisotopic (exact) mass is 495 g/mol. The second kappa shape index (κ2) is 11.3. The molecule has 0 bridgehead atoms. The Balaban J connectivity index is 1.55. The first-order valence-corrected chi connectivity index (χ1v) is 11.9. The number of methoxy groups -OCH3 is 1. The highest BCUT2D eigenvalue weighted by atomic mass is 19.1. The van der Waals surface area contributed by atoms with Crippen molar-refractivity contribution < 1.29 is 27.9 Å². The molecule has 0 unspecified atom stereocenters. The number of ether oxygens (including phenoxy) is 2. The van der Waals surface area contributed by atoms with Crippen LogP contribution in [0.1, 0.15) is 53.0 Å². The Morgan fingerprint density at radius 3 is 2.83 bits per heavy atom. The summed E-state index contributed by atoms with van der Waals surface area (Å²) in [6.45, 7) is 5.06. The normalized spacial score (nSPS) is 15.0. The zero-order valence-electron chi connectivity index (χ0n) is 20.6. The van der Waals surface area contributed by atoms with Crippen LogP contribution in [0.5, 0.6) is 5.75 Å². The molecule has 1 aromatic heterocycles. The van der Waals surface area contributed by atoms with Gasteiger partial charge in [-0.1, -0.05) is 32.0 Å². The van der Waals surface area contributed by atoms with Gasteiger partial charge < -0.3 is 24.1 Å². The maximum atomic E-state index is 14.1. The molecule has 2 aromatic carbocycles. The lowest BCUT2D eigenvalue weighted by atomic mass is 9.87. The zero-order valence-corrected chi connectivity index (χ0v) is 20.6. The molecule has 1 aliphatic heterocycles. The molecule has 1 atom stereocenters. The van der Waals surface area contributed by atoms with Crippen LogP contribution in [-0.4, -0.2) is 48.5 Å². The van der Waals surface area contributed by atoms with Crippen molar-refractivity contribution in [2.24, 2.45) is 5.92 Å². The molecule has 2 heterocycles. The Hall–Kier alpha value is -3.72. The highest BCUT2D eigenvalue weighted by molar-refractivity contribution is 5.91. The predicted molar refractivity (Wildman–Crippen MR) is 130 cm³/mol. The molecule has 1 aliphatic rings. The largest absolute Gasteiger partial charge is 0.484 e. The van der Waals surface area contributed by atoms with Crippen LogP contribution in [0.2, 0.25) is 0 Å². The molecule has 0 fully saturated rings. The maximum absolute atomic E-state index is 14.1. The van der Waals surface area contributed by atoms with E-state index in [1.807, 2.05) is 43.0 Å². The average molecular weight is 496 g/mol. The standard InChI is InChI=1S/C27H30FN3O5/c1-17(2)27(33)31-11-9-18-7-8-21(14-22(18)25(31)19-5-4-6-20(28)13-19)35-16-24-30-23(15-36-24)26(32)29-10-12-34-3/h4-8,13-15,17,25H,9-12,16H2,1-3H3,(H,29,32)/t25-/m1/s1. The Labute approximate surface area is 209 Å². The van der Waals surface area contributed by atoms with Crippen LogP contribution < -0.4 is 10.1 Å². The molecular formula is C27H30FN3O5. The van der Waals surface area contributed by atoms with Crippen molar-refractivity contribution in [1.82, 2.24) is 15.2 Å². The number of carbonyl (C=O) groups excluding carboxylic acids is 2. The number of nitrogens with one attached hydrogen (secondary N) is 1. The van der Waals surface area contributed by atoms with E-state index in [0.29, 0.717) is 37.4 Å². The zero-order chi connectivity index (χ0) is 25.7. The van der Waals surface area contributed by atoms with Gasteiger partial charge in [0.1, 0.15) is 17.8 Å². The van der Waals surface area contributed by atoms with Crippen molar-refractivity contribution in [2.75, 3.05) is 26.8 Å². The van der Waals surface area contributed by atoms with Crippen LogP contribution in [0.15, 0.2) is 53.1 Å². The number of hydrogen-bond donors (Lipinski definition) is 1. The van der Waals surface area contributed by atoms with Crippen LogP contribution in [0.25, 0.3) is 0 Å². The van der Waals surface area contributed by atoms with Gasteiger partial charge in [-0.05, 0) is 47.4 Å². The first kappa shape index (κ1) is 25.4.